The van der Waals surface area contributed by atoms with Crippen molar-refractivity contribution in [1.82, 2.24) is 5.32 Å². The summed E-state index contributed by atoms with van der Waals surface area (Å²) in [5.41, 5.74) is 1.19. The molecule has 0 radical (unpaired) electrons. The number of phenols is 1. The lowest BCUT2D eigenvalue weighted by Crippen LogP contribution is -2.33. The Bertz CT molecular complexity index is 427. The molecular formula is C16H24FNO. The minimum Gasteiger partial charge on any atom is -0.508 e. The molecule has 19 heavy (non-hydrogen) atoms. The molecule has 2 N–H and O–H groups in total. The number of nitrogens with one attached hydrogen (secondary N) is 1. The van der Waals surface area contributed by atoms with Gasteiger partial charge in [-0.1, -0.05) is 25.8 Å². The fraction of sp³-hybridized carbons (Fsp3) is 0.625. The van der Waals surface area contributed by atoms with Crippen LogP contribution < -0.4 is 5.32 Å². The molecule has 1 aliphatic carbocycles. The van der Waals surface area contributed by atoms with Gasteiger partial charge in [-0.05, 0) is 37.7 Å². The highest BCUT2D eigenvalue weighted by molar-refractivity contribution is 5.34. The van der Waals surface area contributed by atoms with Crippen molar-refractivity contribution in [1.29, 1.82) is 0 Å². The van der Waals surface area contributed by atoms with E-state index in [2.05, 4.69) is 12.2 Å². The first-order valence-electron chi connectivity index (χ1n) is 7.28. The third-order valence-electron chi connectivity index (χ3n) is 4.66. The van der Waals surface area contributed by atoms with Gasteiger partial charge in [-0.25, -0.2) is 4.39 Å². The zero-order valence-electron chi connectivity index (χ0n) is 11.9. The molecule has 3 heteroatoms. The second kappa shape index (κ2) is 5.91. The molecule has 1 aliphatic rings. The largest absolute Gasteiger partial charge is 0.508 e. The fourth-order valence-corrected chi connectivity index (χ4v) is 3.14. The number of phenolic OH excluding ortho intramolecular Hbond substituents is 1. The number of halogens is 1. The molecule has 0 aliphatic heterocycles. The lowest BCUT2D eigenvalue weighted by molar-refractivity contribution is 0.258. The smallest absolute Gasteiger partial charge is 0.126 e. The lowest BCUT2D eigenvalue weighted by Gasteiger charge is -2.30. The fourth-order valence-electron chi connectivity index (χ4n) is 3.14. The van der Waals surface area contributed by atoms with Crippen LogP contribution >= 0.6 is 0 Å². The van der Waals surface area contributed by atoms with E-state index >= 15 is 0 Å². The maximum atomic E-state index is 13.0. The molecular weight excluding hydrogens is 241 g/mol. The Balaban J connectivity index is 1.99. The van der Waals surface area contributed by atoms with Gasteiger partial charge in [-0.2, -0.15) is 0 Å². The Hall–Kier alpha value is -1.09. The minimum absolute atomic E-state index is 0.0389. The second-order valence-electron chi connectivity index (χ2n) is 5.87. The number of benzene rings is 1. The summed E-state index contributed by atoms with van der Waals surface area (Å²) < 4.78 is 13.0. The van der Waals surface area contributed by atoms with E-state index in [1.807, 2.05) is 6.92 Å². The molecule has 0 aromatic heterocycles. The molecule has 2 rings (SSSR count). The highest BCUT2D eigenvalue weighted by Gasteiger charge is 2.32. The van der Waals surface area contributed by atoms with E-state index in [9.17, 15) is 9.50 Å². The summed E-state index contributed by atoms with van der Waals surface area (Å²) in [6, 6.07) is 4.29. The summed E-state index contributed by atoms with van der Waals surface area (Å²) in [6.45, 7) is 5.25. The predicted molar refractivity (Wildman–Crippen MR) is 75.7 cm³/mol. The van der Waals surface area contributed by atoms with Crippen LogP contribution in [0.2, 0.25) is 0 Å². The third kappa shape index (κ3) is 3.27. The Morgan fingerprint density at radius 1 is 1.37 bits per heavy atom. The Morgan fingerprint density at radius 3 is 2.63 bits per heavy atom. The van der Waals surface area contributed by atoms with Crippen molar-refractivity contribution in [3.05, 3.63) is 29.6 Å². The van der Waals surface area contributed by atoms with Crippen LogP contribution in [0.3, 0.4) is 0 Å². The van der Waals surface area contributed by atoms with E-state index in [-0.39, 0.29) is 11.8 Å². The van der Waals surface area contributed by atoms with Crippen LogP contribution in [0.5, 0.6) is 5.75 Å². The van der Waals surface area contributed by atoms with Crippen molar-refractivity contribution in [2.24, 2.45) is 5.41 Å². The van der Waals surface area contributed by atoms with Crippen LogP contribution in [-0.2, 0) is 0 Å². The van der Waals surface area contributed by atoms with Crippen molar-refractivity contribution in [3.63, 3.8) is 0 Å². The molecule has 0 spiro atoms. The van der Waals surface area contributed by atoms with Crippen LogP contribution in [0, 0.1) is 11.2 Å². The predicted octanol–water partition coefficient (Wildman–Crippen LogP) is 4.15. The molecule has 1 saturated carbocycles. The molecule has 0 bridgehead atoms. The molecule has 1 aromatic rings. The molecule has 0 heterocycles. The normalized spacial score (nSPS) is 19.5. The number of hydrogen-bond acceptors (Lipinski definition) is 2. The zero-order valence-corrected chi connectivity index (χ0v) is 11.9. The quantitative estimate of drug-likeness (QED) is 0.838. The van der Waals surface area contributed by atoms with Crippen LogP contribution in [0.15, 0.2) is 18.2 Å². The maximum Gasteiger partial charge on any atom is 0.126 e. The van der Waals surface area contributed by atoms with E-state index in [4.69, 9.17) is 0 Å². The topological polar surface area (TPSA) is 32.3 Å². The summed E-state index contributed by atoms with van der Waals surface area (Å²) in [7, 11) is 0. The SMILES string of the molecule is CCC1(CNC(C)c2ccc(F)cc2O)CCCC1. The molecule has 1 atom stereocenters. The standard InChI is InChI=1S/C16H24FNO/c1-3-16(8-4-5-9-16)11-18-12(2)14-7-6-13(17)10-15(14)19/h6-7,10,12,18-19H,3-5,8-9,11H2,1-2H3. The van der Waals surface area contributed by atoms with E-state index in [1.165, 1.54) is 44.2 Å². The molecule has 106 valence electrons. The monoisotopic (exact) mass is 265 g/mol. The Labute approximate surface area is 115 Å². The van der Waals surface area contributed by atoms with Gasteiger partial charge in [-0.15, -0.1) is 0 Å². The summed E-state index contributed by atoms with van der Waals surface area (Å²) in [4.78, 5) is 0. The van der Waals surface area contributed by atoms with Crippen molar-refractivity contribution in [2.75, 3.05) is 6.54 Å². The summed E-state index contributed by atoms with van der Waals surface area (Å²) in [5.74, 6) is -0.355. The van der Waals surface area contributed by atoms with Gasteiger partial charge in [0.1, 0.15) is 11.6 Å². The van der Waals surface area contributed by atoms with Gasteiger partial charge in [0.15, 0.2) is 0 Å². The van der Waals surface area contributed by atoms with Crippen LogP contribution in [-0.4, -0.2) is 11.7 Å². The van der Waals surface area contributed by atoms with Crippen LogP contribution in [0.1, 0.15) is 57.6 Å². The van der Waals surface area contributed by atoms with Gasteiger partial charge < -0.3 is 10.4 Å². The lowest BCUT2D eigenvalue weighted by atomic mass is 9.83. The van der Waals surface area contributed by atoms with E-state index in [0.29, 0.717) is 5.41 Å². The summed E-state index contributed by atoms with van der Waals surface area (Å²) in [6.07, 6.45) is 6.43. The van der Waals surface area contributed by atoms with Gasteiger partial charge in [-0.3, -0.25) is 0 Å². The van der Waals surface area contributed by atoms with E-state index < -0.39 is 5.82 Å². The van der Waals surface area contributed by atoms with Gasteiger partial charge in [0.25, 0.3) is 0 Å². The van der Waals surface area contributed by atoms with Crippen molar-refractivity contribution < 1.29 is 9.50 Å². The minimum atomic E-state index is -0.394. The highest BCUT2D eigenvalue weighted by atomic mass is 19.1. The first-order valence-corrected chi connectivity index (χ1v) is 7.28. The van der Waals surface area contributed by atoms with Gasteiger partial charge in [0, 0.05) is 24.2 Å². The molecule has 1 fully saturated rings. The van der Waals surface area contributed by atoms with E-state index in [1.54, 1.807) is 6.07 Å². The average molecular weight is 265 g/mol. The molecule has 0 amide bonds. The first kappa shape index (κ1) is 14.3. The van der Waals surface area contributed by atoms with Crippen molar-refractivity contribution in [2.45, 2.75) is 52.0 Å². The van der Waals surface area contributed by atoms with Crippen molar-refractivity contribution >= 4 is 0 Å². The Morgan fingerprint density at radius 2 is 2.05 bits per heavy atom. The molecule has 1 aromatic carbocycles. The highest BCUT2D eigenvalue weighted by Crippen LogP contribution is 2.40. The molecule has 0 saturated heterocycles. The average Bonchev–Trinajstić information content (AvgIpc) is 2.85. The van der Waals surface area contributed by atoms with Crippen molar-refractivity contribution in [3.8, 4) is 5.75 Å². The molecule has 2 nitrogen and oxygen atoms in total. The number of aromatic hydroxyl groups is 1. The zero-order chi connectivity index (χ0) is 13.9. The summed E-state index contributed by atoms with van der Waals surface area (Å²) in [5, 5.41) is 13.3. The maximum absolute atomic E-state index is 13.0. The third-order valence-corrected chi connectivity index (χ3v) is 4.66. The number of rotatable bonds is 5. The van der Waals surface area contributed by atoms with Gasteiger partial charge >= 0.3 is 0 Å². The van der Waals surface area contributed by atoms with Crippen LogP contribution in [0.4, 0.5) is 4.39 Å². The Kier molecular flexibility index (Phi) is 4.46. The second-order valence-corrected chi connectivity index (χ2v) is 5.87. The van der Waals surface area contributed by atoms with Crippen LogP contribution in [0.25, 0.3) is 0 Å². The van der Waals surface area contributed by atoms with Gasteiger partial charge in [0.2, 0.25) is 0 Å². The first-order chi connectivity index (χ1) is 9.06. The number of hydrogen-bond donors (Lipinski definition) is 2. The van der Waals surface area contributed by atoms with Gasteiger partial charge in [0.05, 0.1) is 0 Å². The van der Waals surface area contributed by atoms with E-state index in [0.717, 1.165) is 12.1 Å². The molecule has 1 unspecified atom stereocenters. The summed E-state index contributed by atoms with van der Waals surface area (Å²) >= 11 is 0.